The topological polar surface area (TPSA) is 61.9 Å². The van der Waals surface area contributed by atoms with Crippen molar-refractivity contribution in [3.05, 3.63) is 59.8 Å². The van der Waals surface area contributed by atoms with Crippen LogP contribution < -0.4 is 15.0 Å². The fourth-order valence-electron chi connectivity index (χ4n) is 4.24. The molecule has 0 saturated carbocycles. The van der Waals surface area contributed by atoms with Crippen molar-refractivity contribution in [1.82, 2.24) is 4.90 Å². The van der Waals surface area contributed by atoms with Crippen molar-refractivity contribution in [2.45, 2.75) is 40.0 Å². The van der Waals surface area contributed by atoms with Crippen molar-refractivity contribution in [3.8, 4) is 5.75 Å². The van der Waals surface area contributed by atoms with Crippen molar-refractivity contribution < 1.29 is 14.3 Å². The molecule has 6 heteroatoms. The van der Waals surface area contributed by atoms with E-state index in [1.54, 1.807) is 0 Å². The lowest BCUT2D eigenvalue weighted by molar-refractivity contribution is -0.136. The van der Waals surface area contributed by atoms with E-state index >= 15 is 0 Å². The smallest absolute Gasteiger partial charge is 0.278 e. The first kappa shape index (κ1) is 22.9. The predicted molar refractivity (Wildman–Crippen MR) is 132 cm³/mol. The van der Waals surface area contributed by atoms with Crippen LogP contribution in [0.25, 0.3) is 5.57 Å². The van der Waals surface area contributed by atoms with Crippen LogP contribution in [0.15, 0.2) is 54.2 Å². The quantitative estimate of drug-likeness (QED) is 0.553. The highest BCUT2D eigenvalue weighted by Crippen LogP contribution is 2.32. The lowest BCUT2D eigenvalue weighted by atomic mass is 10.0. The molecule has 2 aromatic carbocycles. The predicted octanol–water partition coefficient (Wildman–Crippen LogP) is 4.92. The Hall–Kier alpha value is -3.28. The maximum Gasteiger partial charge on any atom is 0.278 e. The summed E-state index contributed by atoms with van der Waals surface area (Å²) >= 11 is 0. The van der Waals surface area contributed by atoms with Gasteiger partial charge in [0.25, 0.3) is 11.8 Å². The number of amides is 2. The fourth-order valence-corrected chi connectivity index (χ4v) is 4.24. The molecule has 0 spiro atoms. The summed E-state index contributed by atoms with van der Waals surface area (Å²) in [7, 11) is 0. The first-order valence-corrected chi connectivity index (χ1v) is 11.9. The van der Waals surface area contributed by atoms with E-state index in [0.29, 0.717) is 42.3 Å². The molecule has 0 unspecified atom stereocenters. The highest BCUT2D eigenvalue weighted by Gasteiger charge is 2.38. The second kappa shape index (κ2) is 10.1. The monoisotopic (exact) mass is 447 g/mol. The van der Waals surface area contributed by atoms with Crippen molar-refractivity contribution in [2.24, 2.45) is 5.92 Å². The molecule has 2 amide bonds. The average Bonchev–Trinajstić information content (AvgIpc) is 3.43. The van der Waals surface area contributed by atoms with E-state index in [2.05, 4.69) is 36.2 Å². The largest absolute Gasteiger partial charge is 0.493 e. The highest BCUT2D eigenvalue weighted by molar-refractivity contribution is 6.36. The van der Waals surface area contributed by atoms with Gasteiger partial charge in [-0.25, -0.2) is 0 Å². The normalized spacial score (nSPS) is 16.4. The average molecular weight is 448 g/mol. The number of rotatable bonds is 9. The van der Waals surface area contributed by atoms with Gasteiger partial charge < -0.3 is 15.0 Å². The van der Waals surface area contributed by atoms with Crippen LogP contribution in [0, 0.1) is 5.92 Å². The molecule has 1 fully saturated rings. The summed E-state index contributed by atoms with van der Waals surface area (Å²) in [6.45, 7) is 9.35. The molecule has 1 N–H and O–H groups in total. The van der Waals surface area contributed by atoms with Crippen molar-refractivity contribution in [3.63, 3.8) is 0 Å². The zero-order chi connectivity index (χ0) is 23.4. The Kier molecular flexibility index (Phi) is 7.02. The summed E-state index contributed by atoms with van der Waals surface area (Å²) in [5.74, 6) is 0.647. The number of carbonyl (C=O) groups is 2. The van der Waals surface area contributed by atoms with Crippen LogP contribution in [0.3, 0.4) is 0 Å². The third-order valence-corrected chi connectivity index (χ3v) is 5.95. The van der Waals surface area contributed by atoms with Gasteiger partial charge in [0.05, 0.1) is 12.2 Å². The number of ether oxygens (including phenoxy) is 1. The molecule has 2 aromatic rings. The van der Waals surface area contributed by atoms with Gasteiger partial charge >= 0.3 is 0 Å². The Bertz CT molecular complexity index is 1020. The van der Waals surface area contributed by atoms with Crippen LogP contribution in [0.5, 0.6) is 5.75 Å². The zero-order valence-corrected chi connectivity index (χ0v) is 19.8. The van der Waals surface area contributed by atoms with Crippen LogP contribution in [-0.4, -0.2) is 43.0 Å². The van der Waals surface area contributed by atoms with E-state index in [4.69, 9.17) is 4.74 Å². The van der Waals surface area contributed by atoms with Gasteiger partial charge in [-0.15, -0.1) is 0 Å². The van der Waals surface area contributed by atoms with Crippen LogP contribution in [0.2, 0.25) is 0 Å². The van der Waals surface area contributed by atoms with E-state index in [0.717, 1.165) is 24.5 Å². The number of carbonyl (C=O) groups excluding carboxylic acids is 2. The van der Waals surface area contributed by atoms with Gasteiger partial charge in [0, 0.05) is 31.0 Å². The van der Waals surface area contributed by atoms with Crippen LogP contribution >= 0.6 is 0 Å². The second-order valence-corrected chi connectivity index (χ2v) is 9.11. The van der Waals surface area contributed by atoms with Crippen molar-refractivity contribution in [2.75, 3.05) is 36.5 Å². The molecular formula is C27H33N3O3. The standard InChI is InChI=1S/C27H33N3O3/c1-4-15-30-26(31)24(20-7-13-23(14-8-20)33-18-19(2)3)25(27(30)32)28-21-9-11-22(12-10-21)29-16-5-6-17-29/h7-14,19,28H,4-6,15-18H2,1-3H3. The summed E-state index contributed by atoms with van der Waals surface area (Å²) in [5.41, 5.74) is 3.43. The molecule has 2 heterocycles. The maximum atomic E-state index is 13.2. The lowest BCUT2D eigenvalue weighted by Crippen LogP contribution is -2.33. The molecular weight excluding hydrogens is 414 g/mol. The number of anilines is 2. The Balaban J connectivity index is 1.61. The summed E-state index contributed by atoms with van der Waals surface area (Å²) in [5, 5.41) is 3.25. The number of hydrogen-bond acceptors (Lipinski definition) is 5. The van der Waals surface area contributed by atoms with E-state index in [9.17, 15) is 9.59 Å². The van der Waals surface area contributed by atoms with E-state index < -0.39 is 0 Å². The van der Waals surface area contributed by atoms with E-state index in [1.807, 2.05) is 43.3 Å². The third kappa shape index (κ3) is 5.05. The summed E-state index contributed by atoms with van der Waals surface area (Å²) in [6, 6.07) is 15.5. The number of benzene rings is 2. The highest BCUT2D eigenvalue weighted by atomic mass is 16.5. The Morgan fingerprint density at radius 3 is 2.21 bits per heavy atom. The fraction of sp³-hybridized carbons (Fsp3) is 0.407. The number of nitrogens with one attached hydrogen (secondary N) is 1. The first-order chi connectivity index (χ1) is 16.0. The molecule has 6 nitrogen and oxygen atoms in total. The minimum atomic E-state index is -0.277. The minimum Gasteiger partial charge on any atom is -0.493 e. The molecule has 1 saturated heterocycles. The first-order valence-electron chi connectivity index (χ1n) is 11.9. The molecule has 4 rings (SSSR count). The van der Waals surface area contributed by atoms with Gasteiger partial charge in [0.1, 0.15) is 11.4 Å². The SMILES string of the molecule is CCCN1C(=O)C(Nc2ccc(N3CCCC3)cc2)=C(c2ccc(OCC(C)C)cc2)C1=O. The van der Waals surface area contributed by atoms with Gasteiger partial charge in [-0.2, -0.15) is 0 Å². The molecule has 174 valence electrons. The Morgan fingerprint density at radius 1 is 0.939 bits per heavy atom. The second-order valence-electron chi connectivity index (χ2n) is 9.11. The summed E-state index contributed by atoms with van der Waals surface area (Å²) in [4.78, 5) is 30.1. The molecule has 2 aliphatic rings. The number of imide groups is 1. The van der Waals surface area contributed by atoms with Gasteiger partial charge in [0.15, 0.2) is 0 Å². The molecule has 33 heavy (non-hydrogen) atoms. The minimum absolute atomic E-state index is 0.256. The Labute approximate surface area is 196 Å². The maximum absolute atomic E-state index is 13.2. The number of hydrogen-bond donors (Lipinski definition) is 1. The van der Waals surface area contributed by atoms with E-state index in [1.165, 1.54) is 23.4 Å². The van der Waals surface area contributed by atoms with Gasteiger partial charge in [-0.3, -0.25) is 14.5 Å². The molecule has 0 aromatic heterocycles. The van der Waals surface area contributed by atoms with Gasteiger partial charge in [-0.05, 0) is 67.1 Å². The van der Waals surface area contributed by atoms with Gasteiger partial charge in [-0.1, -0.05) is 32.9 Å². The lowest BCUT2D eigenvalue weighted by Gasteiger charge is -2.18. The van der Waals surface area contributed by atoms with E-state index in [-0.39, 0.29) is 11.8 Å². The van der Waals surface area contributed by atoms with Crippen LogP contribution in [0.1, 0.15) is 45.6 Å². The van der Waals surface area contributed by atoms with Crippen molar-refractivity contribution in [1.29, 1.82) is 0 Å². The van der Waals surface area contributed by atoms with Crippen LogP contribution in [0.4, 0.5) is 11.4 Å². The number of nitrogens with zero attached hydrogens (tertiary/aromatic N) is 2. The molecule has 2 aliphatic heterocycles. The van der Waals surface area contributed by atoms with Gasteiger partial charge in [0.2, 0.25) is 0 Å². The Morgan fingerprint density at radius 2 is 1.61 bits per heavy atom. The van der Waals surface area contributed by atoms with Crippen molar-refractivity contribution >= 4 is 28.8 Å². The molecule has 0 bridgehead atoms. The van der Waals surface area contributed by atoms with Crippen LogP contribution in [-0.2, 0) is 9.59 Å². The molecule has 0 radical (unpaired) electrons. The summed E-state index contributed by atoms with van der Waals surface area (Å²) in [6.07, 6.45) is 3.16. The zero-order valence-electron chi connectivity index (χ0n) is 19.8. The third-order valence-electron chi connectivity index (χ3n) is 5.95. The summed E-state index contributed by atoms with van der Waals surface area (Å²) < 4.78 is 5.77. The molecule has 0 atom stereocenters. The molecule has 0 aliphatic carbocycles.